The fourth-order valence-electron chi connectivity index (χ4n) is 1.88. The van der Waals surface area contributed by atoms with Crippen molar-refractivity contribution in [2.24, 2.45) is 0 Å². The van der Waals surface area contributed by atoms with Crippen molar-refractivity contribution in [3.63, 3.8) is 0 Å². The maximum atomic E-state index is 5.56. The van der Waals surface area contributed by atoms with Gasteiger partial charge in [0, 0.05) is 12.1 Å². The van der Waals surface area contributed by atoms with E-state index in [1.807, 2.05) is 37.3 Å². The molecule has 0 aliphatic rings. The summed E-state index contributed by atoms with van der Waals surface area (Å²) in [5, 5.41) is 3.31. The Bertz CT molecular complexity index is 558. The second-order valence-corrected chi connectivity index (χ2v) is 4.92. The summed E-state index contributed by atoms with van der Waals surface area (Å²) >= 11 is 3.32. The monoisotopic (exact) mass is 336 g/mol. The van der Waals surface area contributed by atoms with E-state index >= 15 is 0 Å². The maximum Gasteiger partial charge on any atom is 0.165 e. The Labute approximate surface area is 127 Å². The first-order valence-electron chi connectivity index (χ1n) is 6.38. The minimum Gasteiger partial charge on any atom is -0.493 e. The van der Waals surface area contributed by atoms with Crippen LogP contribution in [0.3, 0.4) is 0 Å². The number of para-hydroxylation sites is 1. The van der Waals surface area contributed by atoms with E-state index in [1.54, 1.807) is 13.3 Å². The molecule has 1 heterocycles. The third-order valence-electron chi connectivity index (χ3n) is 2.77. The van der Waals surface area contributed by atoms with Crippen LogP contribution in [-0.2, 0) is 6.54 Å². The molecule has 20 heavy (non-hydrogen) atoms. The number of ether oxygens (including phenoxy) is 2. The molecule has 1 aromatic carbocycles. The molecule has 5 heteroatoms. The van der Waals surface area contributed by atoms with E-state index in [0.717, 1.165) is 27.4 Å². The van der Waals surface area contributed by atoms with Gasteiger partial charge in [-0.25, -0.2) is 4.98 Å². The lowest BCUT2D eigenvalue weighted by molar-refractivity contribution is 0.309. The number of pyridine rings is 1. The average molecular weight is 337 g/mol. The molecule has 0 aliphatic carbocycles. The van der Waals surface area contributed by atoms with E-state index in [-0.39, 0.29) is 0 Å². The molecule has 0 amide bonds. The van der Waals surface area contributed by atoms with Crippen molar-refractivity contribution in [3.05, 3.63) is 46.7 Å². The van der Waals surface area contributed by atoms with Crippen LogP contribution in [-0.4, -0.2) is 18.7 Å². The Hall–Kier alpha value is -1.75. The van der Waals surface area contributed by atoms with E-state index < -0.39 is 0 Å². The van der Waals surface area contributed by atoms with E-state index in [4.69, 9.17) is 9.47 Å². The van der Waals surface area contributed by atoms with Crippen molar-refractivity contribution >= 4 is 21.6 Å². The number of rotatable bonds is 6. The van der Waals surface area contributed by atoms with Crippen molar-refractivity contribution in [1.82, 2.24) is 4.98 Å². The molecule has 0 fully saturated rings. The van der Waals surface area contributed by atoms with Gasteiger partial charge in [-0.1, -0.05) is 12.1 Å². The molecule has 0 saturated carbocycles. The van der Waals surface area contributed by atoms with Gasteiger partial charge in [-0.2, -0.15) is 0 Å². The quantitative estimate of drug-likeness (QED) is 0.813. The summed E-state index contributed by atoms with van der Waals surface area (Å²) in [7, 11) is 1.66. The van der Waals surface area contributed by atoms with Gasteiger partial charge in [-0.05, 0) is 41.1 Å². The number of methoxy groups -OCH3 is 1. The van der Waals surface area contributed by atoms with Crippen LogP contribution < -0.4 is 14.8 Å². The summed E-state index contributed by atoms with van der Waals surface area (Å²) < 4.78 is 11.8. The third kappa shape index (κ3) is 3.63. The fourth-order valence-corrected chi connectivity index (χ4v) is 2.11. The van der Waals surface area contributed by atoms with Gasteiger partial charge in [-0.3, -0.25) is 0 Å². The lowest BCUT2D eigenvalue weighted by Gasteiger charge is -2.14. The van der Waals surface area contributed by atoms with Gasteiger partial charge in [0.15, 0.2) is 11.5 Å². The van der Waals surface area contributed by atoms with Crippen LogP contribution in [0.1, 0.15) is 12.5 Å². The van der Waals surface area contributed by atoms with E-state index in [9.17, 15) is 0 Å². The summed E-state index contributed by atoms with van der Waals surface area (Å²) in [6.07, 6.45) is 1.78. The predicted molar refractivity (Wildman–Crippen MR) is 83.4 cm³/mol. The normalized spacial score (nSPS) is 10.2. The second-order valence-electron chi connectivity index (χ2n) is 4.10. The smallest absolute Gasteiger partial charge is 0.165 e. The van der Waals surface area contributed by atoms with Crippen LogP contribution in [0.5, 0.6) is 11.5 Å². The first-order chi connectivity index (χ1) is 9.74. The van der Waals surface area contributed by atoms with Gasteiger partial charge < -0.3 is 14.8 Å². The van der Waals surface area contributed by atoms with Crippen molar-refractivity contribution in [3.8, 4) is 11.5 Å². The summed E-state index contributed by atoms with van der Waals surface area (Å²) in [4.78, 5) is 4.18. The first kappa shape index (κ1) is 14.7. The molecular weight excluding hydrogens is 320 g/mol. The van der Waals surface area contributed by atoms with Crippen molar-refractivity contribution < 1.29 is 9.47 Å². The fraction of sp³-hybridized carbons (Fsp3) is 0.267. The Morgan fingerprint density at radius 2 is 2.10 bits per heavy atom. The Morgan fingerprint density at radius 3 is 2.75 bits per heavy atom. The predicted octanol–water partition coefficient (Wildman–Crippen LogP) is 3.86. The zero-order valence-electron chi connectivity index (χ0n) is 11.5. The molecule has 1 N–H and O–H groups in total. The summed E-state index contributed by atoms with van der Waals surface area (Å²) in [6.45, 7) is 3.22. The molecule has 4 nitrogen and oxygen atoms in total. The Kier molecular flexibility index (Phi) is 5.24. The first-order valence-corrected chi connectivity index (χ1v) is 7.18. The second kappa shape index (κ2) is 7.14. The van der Waals surface area contributed by atoms with Crippen LogP contribution in [0.15, 0.2) is 41.1 Å². The topological polar surface area (TPSA) is 43.4 Å². The van der Waals surface area contributed by atoms with E-state index in [0.29, 0.717) is 13.2 Å². The van der Waals surface area contributed by atoms with Gasteiger partial charge >= 0.3 is 0 Å². The zero-order chi connectivity index (χ0) is 14.4. The number of hydrogen-bond donors (Lipinski definition) is 1. The van der Waals surface area contributed by atoms with Crippen LogP contribution in [0.25, 0.3) is 0 Å². The molecule has 2 aromatic rings. The van der Waals surface area contributed by atoms with E-state index in [1.165, 1.54) is 0 Å². The zero-order valence-corrected chi connectivity index (χ0v) is 13.1. The number of halogens is 1. The minimum absolute atomic E-state index is 0.615. The highest BCUT2D eigenvalue weighted by Crippen LogP contribution is 2.31. The minimum atomic E-state index is 0.615. The van der Waals surface area contributed by atoms with Crippen molar-refractivity contribution in [2.45, 2.75) is 13.5 Å². The number of anilines is 1. The third-order valence-corrected chi connectivity index (χ3v) is 3.24. The SMILES string of the molecule is CCOc1cccc(CNc2ccc(Br)nc2)c1OC. The van der Waals surface area contributed by atoms with Gasteiger partial charge in [0.25, 0.3) is 0 Å². The summed E-state index contributed by atoms with van der Waals surface area (Å²) in [5.41, 5.74) is 2.00. The number of hydrogen-bond acceptors (Lipinski definition) is 4. The van der Waals surface area contributed by atoms with E-state index in [2.05, 4.69) is 26.2 Å². The van der Waals surface area contributed by atoms with Crippen molar-refractivity contribution in [1.29, 1.82) is 0 Å². The highest BCUT2D eigenvalue weighted by atomic mass is 79.9. The lowest BCUT2D eigenvalue weighted by atomic mass is 10.2. The molecular formula is C15H17BrN2O2. The van der Waals surface area contributed by atoms with Gasteiger partial charge in [0.05, 0.1) is 25.6 Å². The van der Waals surface area contributed by atoms with Crippen LogP contribution in [0, 0.1) is 0 Å². The molecule has 0 radical (unpaired) electrons. The molecule has 0 spiro atoms. The molecule has 0 aliphatic heterocycles. The number of aromatic nitrogens is 1. The molecule has 0 unspecified atom stereocenters. The Balaban J connectivity index is 2.12. The molecule has 106 valence electrons. The average Bonchev–Trinajstić information content (AvgIpc) is 2.47. The Morgan fingerprint density at radius 1 is 1.25 bits per heavy atom. The molecule has 0 atom stereocenters. The van der Waals surface area contributed by atoms with Crippen LogP contribution >= 0.6 is 15.9 Å². The van der Waals surface area contributed by atoms with Gasteiger partial charge in [0.2, 0.25) is 0 Å². The highest BCUT2D eigenvalue weighted by molar-refractivity contribution is 9.10. The number of nitrogens with one attached hydrogen (secondary N) is 1. The molecule has 0 bridgehead atoms. The molecule has 2 rings (SSSR count). The number of nitrogens with zero attached hydrogens (tertiary/aromatic N) is 1. The summed E-state index contributed by atoms with van der Waals surface area (Å²) in [5.74, 6) is 1.54. The largest absolute Gasteiger partial charge is 0.493 e. The standard InChI is InChI=1S/C15H17BrN2O2/c1-3-20-13-6-4-5-11(15(13)19-2)9-17-12-7-8-14(16)18-10-12/h4-8,10,17H,3,9H2,1-2H3. The van der Waals surface area contributed by atoms with Crippen LogP contribution in [0.2, 0.25) is 0 Å². The summed E-state index contributed by atoms with van der Waals surface area (Å²) in [6, 6.07) is 9.75. The van der Waals surface area contributed by atoms with Gasteiger partial charge in [0.1, 0.15) is 4.60 Å². The molecule has 0 saturated heterocycles. The maximum absolute atomic E-state index is 5.56. The molecule has 1 aromatic heterocycles. The number of benzene rings is 1. The highest BCUT2D eigenvalue weighted by Gasteiger charge is 2.09. The lowest BCUT2D eigenvalue weighted by Crippen LogP contribution is -2.04. The van der Waals surface area contributed by atoms with Crippen LogP contribution in [0.4, 0.5) is 5.69 Å². The van der Waals surface area contributed by atoms with Crippen molar-refractivity contribution in [2.75, 3.05) is 19.0 Å². The van der Waals surface area contributed by atoms with Gasteiger partial charge in [-0.15, -0.1) is 0 Å².